The highest BCUT2D eigenvalue weighted by Gasteiger charge is 2.49. The molecule has 0 unspecified atom stereocenters. The van der Waals surface area contributed by atoms with Gasteiger partial charge >= 0.3 is 0 Å². The van der Waals surface area contributed by atoms with E-state index in [0.29, 0.717) is 17.7 Å². The van der Waals surface area contributed by atoms with Crippen molar-refractivity contribution in [1.82, 2.24) is 0 Å². The van der Waals surface area contributed by atoms with E-state index in [-0.39, 0.29) is 16.9 Å². The number of carbonyl (C=O) groups is 1. The van der Waals surface area contributed by atoms with Crippen LogP contribution >= 0.6 is 0 Å². The van der Waals surface area contributed by atoms with Crippen LogP contribution in [0.15, 0.2) is 24.3 Å². The molecule has 1 atom stereocenters. The Bertz CT molecular complexity index is 633. The van der Waals surface area contributed by atoms with Crippen LogP contribution in [0.1, 0.15) is 72.3 Å². The van der Waals surface area contributed by atoms with E-state index in [9.17, 15) is 9.90 Å². The Morgan fingerprint density at radius 2 is 1.65 bits per heavy atom. The van der Waals surface area contributed by atoms with Crippen LogP contribution in [-0.4, -0.2) is 23.7 Å². The molecule has 1 spiro atoms. The van der Waals surface area contributed by atoms with Crippen molar-refractivity contribution >= 4 is 11.6 Å². The predicted octanol–water partition coefficient (Wildman–Crippen LogP) is 4.91. The second-order valence-corrected chi connectivity index (χ2v) is 9.86. The number of amides is 1. The Balaban J connectivity index is 1.69. The normalized spacial score (nSPS) is 28.2. The summed E-state index contributed by atoms with van der Waals surface area (Å²) in [6.45, 7) is 11.6. The Labute approximate surface area is 158 Å². The third-order valence-electron chi connectivity index (χ3n) is 6.71. The number of hydrogen-bond donors (Lipinski definition) is 1. The van der Waals surface area contributed by atoms with Gasteiger partial charge < -0.3 is 10.0 Å². The molecule has 3 nitrogen and oxygen atoms in total. The Hall–Kier alpha value is -1.35. The molecule has 0 radical (unpaired) electrons. The number of aliphatic hydroxyl groups excluding tert-OH is 1. The predicted molar refractivity (Wildman–Crippen MR) is 107 cm³/mol. The molecule has 3 heteroatoms. The van der Waals surface area contributed by atoms with Gasteiger partial charge in [0, 0.05) is 12.2 Å². The molecule has 0 bridgehead atoms. The van der Waals surface area contributed by atoms with Gasteiger partial charge in [-0.05, 0) is 67.1 Å². The van der Waals surface area contributed by atoms with Crippen molar-refractivity contribution < 1.29 is 9.90 Å². The quantitative estimate of drug-likeness (QED) is 0.834. The van der Waals surface area contributed by atoms with Crippen LogP contribution in [0, 0.1) is 17.3 Å². The molecule has 2 aliphatic rings. The van der Waals surface area contributed by atoms with Crippen LogP contribution in [0.4, 0.5) is 5.69 Å². The Morgan fingerprint density at radius 3 is 2.15 bits per heavy atom. The largest absolute Gasteiger partial charge is 0.393 e. The van der Waals surface area contributed by atoms with Crippen molar-refractivity contribution in [3.05, 3.63) is 29.8 Å². The molecular formula is C23H35NO2. The molecule has 1 aromatic carbocycles. The van der Waals surface area contributed by atoms with E-state index >= 15 is 0 Å². The van der Waals surface area contributed by atoms with E-state index in [1.165, 1.54) is 5.56 Å². The lowest BCUT2D eigenvalue weighted by Crippen LogP contribution is -2.40. The first-order chi connectivity index (χ1) is 12.1. The monoisotopic (exact) mass is 357 g/mol. The maximum Gasteiger partial charge on any atom is 0.233 e. The second kappa shape index (κ2) is 6.99. The summed E-state index contributed by atoms with van der Waals surface area (Å²) in [6.07, 6.45) is 4.53. The summed E-state index contributed by atoms with van der Waals surface area (Å²) >= 11 is 0. The fourth-order valence-corrected chi connectivity index (χ4v) is 4.75. The van der Waals surface area contributed by atoms with Crippen LogP contribution in [0.2, 0.25) is 0 Å². The van der Waals surface area contributed by atoms with Crippen LogP contribution in [0.25, 0.3) is 0 Å². The van der Waals surface area contributed by atoms with Crippen molar-refractivity contribution in [2.24, 2.45) is 17.3 Å². The van der Waals surface area contributed by atoms with Gasteiger partial charge in [0.05, 0.1) is 11.5 Å². The summed E-state index contributed by atoms with van der Waals surface area (Å²) in [6, 6.07) is 8.52. The fraction of sp³-hybridized carbons (Fsp3) is 0.696. The van der Waals surface area contributed by atoms with Gasteiger partial charge in [0.2, 0.25) is 5.91 Å². The number of nitrogens with zero attached hydrogens (tertiary/aromatic N) is 1. The van der Waals surface area contributed by atoms with E-state index in [1.54, 1.807) is 0 Å². The third-order valence-corrected chi connectivity index (χ3v) is 6.71. The average molecular weight is 358 g/mol. The van der Waals surface area contributed by atoms with E-state index in [1.807, 2.05) is 4.90 Å². The number of rotatable bonds is 3. The molecule has 0 aromatic heterocycles. The molecule has 1 heterocycles. The smallest absolute Gasteiger partial charge is 0.233 e. The molecule has 1 aliphatic heterocycles. The van der Waals surface area contributed by atoms with Crippen LogP contribution in [0.3, 0.4) is 0 Å². The molecule has 1 saturated heterocycles. The number of benzene rings is 1. The molecule has 1 saturated carbocycles. The minimum absolute atomic E-state index is 0.129. The lowest BCUT2D eigenvalue weighted by Gasteiger charge is -2.38. The van der Waals surface area contributed by atoms with Gasteiger partial charge in [-0.3, -0.25) is 4.79 Å². The van der Waals surface area contributed by atoms with Crippen molar-refractivity contribution in [2.45, 2.75) is 78.2 Å². The van der Waals surface area contributed by atoms with Crippen molar-refractivity contribution in [3.8, 4) is 0 Å². The molecule has 144 valence electrons. The summed E-state index contributed by atoms with van der Waals surface area (Å²) in [5.41, 5.74) is 2.27. The zero-order valence-electron chi connectivity index (χ0n) is 17.1. The third kappa shape index (κ3) is 3.55. The SMILES string of the molecule is CC(C)[C@H](O)C1CCC2(CC1)CCN(c1ccc(C(C)(C)C)cc1)C2=O. The maximum atomic E-state index is 13.2. The van der Waals surface area contributed by atoms with Gasteiger partial charge in [-0.1, -0.05) is 46.8 Å². The summed E-state index contributed by atoms with van der Waals surface area (Å²) in [5.74, 6) is 0.957. The zero-order chi connectivity index (χ0) is 19.1. The van der Waals surface area contributed by atoms with E-state index in [0.717, 1.165) is 44.3 Å². The number of hydrogen-bond acceptors (Lipinski definition) is 2. The van der Waals surface area contributed by atoms with E-state index in [4.69, 9.17) is 0 Å². The first kappa shape index (κ1) is 19.4. The Morgan fingerprint density at radius 1 is 1.08 bits per heavy atom. The van der Waals surface area contributed by atoms with Gasteiger partial charge in [0.1, 0.15) is 0 Å². The molecule has 3 rings (SSSR count). The minimum Gasteiger partial charge on any atom is -0.393 e. The van der Waals surface area contributed by atoms with Crippen LogP contribution in [0.5, 0.6) is 0 Å². The highest BCUT2D eigenvalue weighted by Crippen LogP contribution is 2.48. The first-order valence-electron chi connectivity index (χ1n) is 10.2. The first-order valence-corrected chi connectivity index (χ1v) is 10.2. The highest BCUT2D eigenvalue weighted by molar-refractivity contribution is 6.00. The maximum absolute atomic E-state index is 13.2. The number of anilines is 1. The van der Waals surface area contributed by atoms with Crippen molar-refractivity contribution in [1.29, 1.82) is 0 Å². The van der Waals surface area contributed by atoms with E-state index in [2.05, 4.69) is 58.9 Å². The molecule has 1 aliphatic carbocycles. The lowest BCUT2D eigenvalue weighted by atomic mass is 9.67. The summed E-state index contributed by atoms with van der Waals surface area (Å²) in [5, 5.41) is 10.4. The van der Waals surface area contributed by atoms with Gasteiger partial charge in [0.15, 0.2) is 0 Å². The fourth-order valence-electron chi connectivity index (χ4n) is 4.75. The van der Waals surface area contributed by atoms with Crippen molar-refractivity contribution in [2.75, 3.05) is 11.4 Å². The Kier molecular flexibility index (Phi) is 5.22. The van der Waals surface area contributed by atoms with Gasteiger partial charge in [0.25, 0.3) is 0 Å². The van der Waals surface area contributed by atoms with Gasteiger partial charge in [-0.15, -0.1) is 0 Å². The molecule has 1 amide bonds. The molecule has 2 fully saturated rings. The summed E-state index contributed by atoms with van der Waals surface area (Å²) in [7, 11) is 0. The van der Waals surface area contributed by atoms with Crippen LogP contribution in [-0.2, 0) is 10.2 Å². The average Bonchev–Trinajstić information content (AvgIpc) is 2.91. The standard InChI is InChI=1S/C23H35NO2/c1-16(2)20(25)17-10-12-23(13-11-17)14-15-24(21(23)26)19-8-6-18(7-9-19)22(3,4)5/h6-9,16-17,20,25H,10-15H2,1-5H3/t17?,20-,23?/m0/s1. The second-order valence-electron chi connectivity index (χ2n) is 9.86. The van der Waals surface area contributed by atoms with E-state index < -0.39 is 0 Å². The molecular weight excluding hydrogens is 322 g/mol. The molecule has 26 heavy (non-hydrogen) atoms. The number of carbonyl (C=O) groups excluding carboxylic acids is 1. The summed E-state index contributed by atoms with van der Waals surface area (Å²) in [4.78, 5) is 15.2. The number of aliphatic hydroxyl groups is 1. The van der Waals surface area contributed by atoms with Crippen molar-refractivity contribution in [3.63, 3.8) is 0 Å². The van der Waals surface area contributed by atoms with Gasteiger partial charge in [-0.2, -0.15) is 0 Å². The topological polar surface area (TPSA) is 40.5 Å². The summed E-state index contributed by atoms with van der Waals surface area (Å²) < 4.78 is 0. The minimum atomic E-state index is -0.232. The lowest BCUT2D eigenvalue weighted by molar-refractivity contribution is -0.128. The molecule has 1 aromatic rings. The zero-order valence-corrected chi connectivity index (χ0v) is 17.1. The molecule has 1 N–H and O–H groups in total. The van der Waals surface area contributed by atoms with Gasteiger partial charge in [-0.25, -0.2) is 0 Å². The van der Waals surface area contributed by atoms with Crippen LogP contribution < -0.4 is 4.90 Å². The highest BCUT2D eigenvalue weighted by atomic mass is 16.3.